The summed E-state index contributed by atoms with van der Waals surface area (Å²) in [5, 5.41) is 8.95. The summed E-state index contributed by atoms with van der Waals surface area (Å²) < 4.78 is 33.1. The molecular formula is C13H14F2O5. The molecule has 1 aromatic carbocycles. The van der Waals surface area contributed by atoms with Crippen LogP contribution in [0.1, 0.15) is 29.3 Å². The zero-order valence-electron chi connectivity index (χ0n) is 10.8. The summed E-state index contributed by atoms with van der Waals surface area (Å²) in [5.74, 6) is -2.19. The Balaban J connectivity index is 2.82. The van der Waals surface area contributed by atoms with Crippen LogP contribution in [0.5, 0.6) is 5.75 Å². The average molecular weight is 288 g/mol. The molecule has 1 N–H and O–H groups in total. The second kappa shape index (κ2) is 7.42. The molecule has 0 saturated carbocycles. The van der Waals surface area contributed by atoms with Crippen molar-refractivity contribution in [2.75, 3.05) is 6.61 Å². The topological polar surface area (TPSA) is 72.8 Å². The van der Waals surface area contributed by atoms with Crippen molar-refractivity contribution in [3.05, 3.63) is 29.3 Å². The van der Waals surface area contributed by atoms with Gasteiger partial charge >= 0.3 is 18.6 Å². The minimum absolute atomic E-state index is 0.0853. The third-order valence-corrected chi connectivity index (χ3v) is 2.41. The molecule has 110 valence electrons. The van der Waals surface area contributed by atoms with Crippen LogP contribution < -0.4 is 4.74 Å². The second-order valence-electron chi connectivity index (χ2n) is 3.82. The third kappa shape index (κ3) is 4.83. The molecule has 0 atom stereocenters. The van der Waals surface area contributed by atoms with Crippen molar-refractivity contribution in [2.45, 2.75) is 26.4 Å². The Morgan fingerprint density at radius 3 is 2.60 bits per heavy atom. The highest BCUT2D eigenvalue weighted by Crippen LogP contribution is 2.23. The molecule has 0 heterocycles. The normalized spacial score (nSPS) is 10.4. The predicted octanol–water partition coefficient (Wildman–Crippen LogP) is 2.48. The Labute approximate surface area is 114 Å². The maximum Gasteiger partial charge on any atom is 0.387 e. The lowest BCUT2D eigenvalue weighted by Crippen LogP contribution is -2.09. The number of alkyl halides is 2. The van der Waals surface area contributed by atoms with Gasteiger partial charge in [-0.25, -0.2) is 4.79 Å². The highest BCUT2D eigenvalue weighted by molar-refractivity contribution is 5.91. The van der Waals surface area contributed by atoms with E-state index in [0.717, 1.165) is 6.07 Å². The maximum absolute atomic E-state index is 12.1. The first-order valence-corrected chi connectivity index (χ1v) is 5.90. The molecular weight excluding hydrogens is 274 g/mol. The minimum Gasteiger partial charge on any atom is -0.478 e. The van der Waals surface area contributed by atoms with E-state index in [1.165, 1.54) is 12.1 Å². The van der Waals surface area contributed by atoms with Crippen molar-refractivity contribution < 1.29 is 33.0 Å². The lowest BCUT2D eigenvalue weighted by atomic mass is 10.1. The molecule has 7 heteroatoms. The fourth-order valence-corrected chi connectivity index (χ4v) is 1.58. The van der Waals surface area contributed by atoms with Gasteiger partial charge < -0.3 is 14.6 Å². The van der Waals surface area contributed by atoms with E-state index in [2.05, 4.69) is 4.74 Å². The van der Waals surface area contributed by atoms with Gasteiger partial charge in [-0.3, -0.25) is 4.79 Å². The molecule has 0 aromatic heterocycles. The summed E-state index contributed by atoms with van der Waals surface area (Å²) in [6.45, 7) is -1.16. The number of carboxylic acids is 1. The molecule has 0 aliphatic rings. The van der Waals surface area contributed by atoms with Gasteiger partial charge in [-0.1, -0.05) is 6.07 Å². The first-order valence-electron chi connectivity index (χ1n) is 5.90. The molecule has 1 aromatic rings. The van der Waals surface area contributed by atoms with Crippen LogP contribution in [0.25, 0.3) is 0 Å². The minimum atomic E-state index is -3.10. The van der Waals surface area contributed by atoms with Gasteiger partial charge in [0, 0.05) is 6.42 Å². The first-order chi connectivity index (χ1) is 9.43. The van der Waals surface area contributed by atoms with Crippen LogP contribution in [-0.4, -0.2) is 30.3 Å². The van der Waals surface area contributed by atoms with E-state index in [0.29, 0.717) is 5.56 Å². The monoisotopic (exact) mass is 288 g/mol. The number of carbonyl (C=O) groups excluding carboxylic acids is 1. The van der Waals surface area contributed by atoms with Crippen molar-refractivity contribution >= 4 is 11.9 Å². The lowest BCUT2D eigenvalue weighted by molar-refractivity contribution is -0.143. The van der Waals surface area contributed by atoms with Gasteiger partial charge in [0.1, 0.15) is 11.3 Å². The molecule has 0 unspecified atom stereocenters. The predicted molar refractivity (Wildman–Crippen MR) is 65.0 cm³/mol. The summed E-state index contributed by atoms with van der Waals surface area (Å²) >= 11 is 0. The molecule has 0 fully saturated rings. The third-order valence-electron chi connectivity index (χ3n) is 2.41. The van der Waals surface area contributed by atoms with Crippen molar-refractivity contribution in [3.63, 3.8) is 0 Å². The van der Waals surface area contributed by atoms with Crippen LogP contribution in [0.15, 0.2) is 18.2 Å². The van der Waals surface area contributed by atoms with E-state index in [1.807, 2.05) is 0 Å². The van der Waals surface area contributed by atoms with Gasteiger partial charge in [-0.15, -0.1) is 0 Å². The van der Waals surface area contributed by atoms with Crippen molar-refractivity contribution in [1.29, 1.82) is 0 Å². The number of rotatable bonds is 7. The number of benzene rings is 1. The van der Waals surface area contributed by atoms with Gasteiger partial charge in [0.2, 0.25) is 0 Å². The van der Waals surface area contributed by atoms with Crippen LogP contribution >= 0.6 is 0 Å². The zero-order chi connectivity index (χ0) is 15.1. The molecule has 0 amide bonds. The average Bonchev–Trinajstić information content (AvgIpc) is 2.37. The van der Waals surface area contributed by atoms with Gasteiger partial charge in [-0.2, -0.15) is 8.78 Å². The number of carboxylic acid groups (broad SMARTS) is 1. The molecule has 0 spiro atoms. The summed E-state index contributed by atoms with van der Waals surface area (Å²) in [5.41, 5.74) is 0.156. The number of carbonyl (C=O) groups is 2. The Bertz CT molecular complexity index is 488. The van der Waals surface area contributed by atoms with E-state index >= 15 is 0 Å². The molecule has 0 bridgehead atoms. The highest BCUT2D eigenvalue weighted by Gasteiger charge is 2.16. The molecule has 1 rings (SSSR count). The molecule has 0 aliphatic heterocycles. The van der Waals surface area contributed by atoms with Gasteiger partial charge in [0.25, 0.3) is 0 Å². The summed E-state index contributed by atoms with van der Waals surface area (Å²) in [6.07, 6.45) is 0.343. The summed E-state index contributed by atoms with van der Waals surface area (Å²) in [6, 6.07) is 3.79. The first kappa shape index (κ1) is 15.9. The Kier molecular flexibility index (Phi) is 5.89. The van der Waals surface area contributed by atoms with Crippen molar-refractivity contribution in [1.82, 2.24) is 0 Å². The van der Waals surface area contributed by atoms with Crippen LogP contribution in [-0.2, 0) is 16.0 Å². The largest absolute Gasteiger partial charge is 0.478 e. The van der Waals surface area contributed by atoms with Gasteiger partial charge in [0.05, 0.1) is 6.61 Å². The molecule has 0 saturated heterocycles. The second-order valence-corrected chi connectivity index (χ2v) is 3.82. The Morgan fingerprint density at radius 2 is 2.05 bits per heavy atom. The zero-order valence-corrected chi connectivity index (χ0v) is 10.8. The number of esters is 1. The van der Waals surface area contributed by atoms with E-state index in [4.69, 9.17) is 9.84 Å². The number of ether oxygens (including phenoxy) is 2. The van der Waals surface area contributed by atoms with Crippen LogP contribution in [0, 0.1) is 0 Å². The quantitative estimate of drug-likeness (QED) is 0.780. The molecule has 0 radical (unpaired) electrons. The highest BCUT2D eigenvalue weighted by atomic mass is 19.3. The standard InChI is InChI=1S/C13H14F2O5/c1-2-19-11(16)6-4-8-3-5-10(20-13(14)15)9(7-8)12(17)18/h3,5,7,13H,2,4,6H2,1H3,(H,17,18). The smallest absolute Gasteiger partial charge is 0.387 e. The number of aryl methyl sites for hydroxylation is 1. The molecule has 0 aliphatic carbocycles. The summed E-state index contributed by atoms with van der Waals surface area (Å²) in [4.78, 5) is 22.2. The Hall–Kier alpha value is -2.18. The van der Waals surface area contributed by atoms with Crippen molar-refractivity contribution in [2.24, 2.45) is 0 Å². The van der Waals surface area contributed by atoms with Gasteiger partial charge in [-0.05, 0) is 31.0 Å². The van der Waals surface area contributed by atoms with Crippen LogP contribution in [0.4, 0.5) is 8.78 Å². The Morgan fingerprint density at radius 1 is 1.35 bits per heavy atom. The van der Waals surface area contributed by atoms with E-state index in [9.17, 15) is 18.4 Å². The molecule has 5 nitrogen and oxygen atoms in total. The number of hydrogen-bond donors (Lipinski definition) is 1. The van der Waals surface area contributed by atoms with E-state index < -0.39 is 24.3 Å². The van der Waals surface area contributed by atoms with Crippen LogP contribution in [0.3, 0.4) is 0 Å². The maximum atomic E-state index is 12.1. The SMILES string of the molecule is CCOC(=O)CCc1ccc(OC(F)F)c(C(=O)O)c1. The van der Waals surface area contributed by atoms with Crippen LogP contribution in [0.2, 0.25) is 0 Å². The van der Waals surface area contributed by atoms with Gasteiger partial charge in [0.15, 0.2) is 0 Å². The lowest BCUT2D eigenvalue weighted by Gasteiger charge is -2.09. The van der Waals surface area contributed by atoms with E-state index in [1.54, 1.807) is 6.92 Å². The summed E-state index contributed by atoms with van der Waals surface area (Å²) in [7, 11) is 0. The fourth-order valence-electron chi connectivity index (χ4n) is 1.58. The number of halogens is 2. The number of hydrogen-bond acceptors (Lipinski definition) is 4. The van der Waals surface area contributed by atoms with E-state index in [-0.39, 0.29) is 25.0 Å². The van der Waals surface area contributed by atoms with Crippen molar-refractivity contribution in [3.8, 4) is 5.75 Å². The molecule has 20 heavy (non-hydrogen) atoms. The number of aromatic carboxylic acids is 1. The fraction of sp³-hybridized carbons (Fsp3) is 0.385.